The summed E-state index contributed by atoms with van der Waals surface area (Å²) in [6.45, 7) is 0. The summed E-state index contributed by atoms with van der Waals surface area (Å²) in [6.07, 6.45) is 3.58. The van der Waals surface area contributed by atoms with E-state index >= 15 is 0 Å². The fraction of sp³-hybridized carbons (Fsp3) is 0.0476. The smallest absolute Gasteiger partial charge is 0.259 e. The second kappa shape index (κ2) is 6.44. The number of pyridine rings is 1. The highest BCUT2D eigenvalue weighted by molar-refractivity contribution is 6.05. The Kier molecular flexibility index (Phi) is 3.97. The van der Waals surface area contributed by atoms with Crippen LogP contribution in [0.25, 0.3) is 16.9 Å². The highest BCUT2D eigenvalue weighted by atomic mass is 19.1. The molecule has 2 aromatic carbocycles. The van der Waals surface area contributed by atoms with Crippen molar-refractivity contribution in [2.24, 2.45) is 0 Å². The zero-order chi connectivity index (χ0) is 18.1. The van der Waals surface area contributed by atoms with Crippen LogP contribution >= 0.6 is 0 Å². The van der Waals surface area contributed by atoms with Gasteiger partial charge in [0.2, 0.25) is 0 Å². The molecule has 0 aliphatic carbocycles. The maximum absolute atomic E-state index is 13.1. The van der Waals surface area contributed by atoms with Gasteiger partial charge in [0.15, 0.2) is 0 Å². The van der Waals surface area contributed by atoms with Gasteiger partial charge >= 0.3 is 0 Å². The standard InChI is InChI=1S/C21H16FN3O/c1-24(18-10-8-17(22)9-11-18)21(26)16-7-12-20-23-13-19(25(20)14-16)15-5-3-2-4-6-15/h2-14H,1H3. The number of hydrogen-bond donors (Lipinski definition) is 0. The number of aromatic nitrogens is 2. The number of carbonyl (C=O) groups is 1. The van der Waals surface area contributed by atoms with Gasteiger partial charge in [-0.05, 0) is 36.4 Å². The summed E-state index contributed by atoms with van der Waals surface area (Å²) < 4.78 is 15.0. The number of hydrogen-bond acceptors (Lipinski definition) is 2. The van der Waals surface area contributed by atoms with E-state index in [4.69, 9.17) is 0 Å². The van der Waals surface area contributed by atoms with E-state index in [-0.39, 0.29) is 11.7 Å². The number of benzene rings is 2. The van der Waals surface area contributed by atoms with Gasteiger partial charge in [-0.25, -0.2) is 9.37 Å². The van der Waals surface area contributed by atoms with Gasteiger partial charge in [0.05, 0.1) is 17.5 Å². The van der Waals surface area contributed by atoms with Crippen LogP contribution in [0, 0.1) is 5.82 Å². The Labute approximate surface area is 150 Å². The zero-order valence-electron chi connectivity index (χ0n) is 14.1. The first kappa shape index (κ1) is 16.0. The number of carbonyl (C=O) groups excluding carboxylic acids is 1. The fourth-order valence-corrected chi connectivity index (χ4v) is 2.91. The maximum Gasteiger partial charge on any atom is 0.259 e. The summed E-state index contributed by atoms with van der Waals surface area (Å²) in [6, 6.07) is 19.3. The van der Waals surface area contributed by atoms with Gasteiger partial charge in [-0.1, -0.05) is 30.3 Å². The quantitative estimate of drug-likeness (QED) is 0.551. The number of rotatable bonds is 3. The van der Waals surface area contributed by atoms with E-state index in [0.717, 1.165) is 16.9 Å². The van der Waals surface area contributed by atoms with E-state index in [1.165, 1.54) is 17.0 Å². The van der Waals surface area contributed by atoms with Gasteiger partial charge in [-0.2, -0.15) is 0 Å². The van der Waals surface area contributed by atoms with Crippen LogP contribution in [0.15, 0.2) is 79.1 Å². The van der Waals surface area contributed by atoms with E-state index in [2.05, 4.69) is 4.98 Å². The number of nitrogens with zero attached hydrogens (tertiary/aromatic N) is 3. The minimum absolute atomic E-state index is 0.175. The predicted octanol–water partition coefficient (Wildman–Crippen LogP) is 4.42. The topological polar surface area (TPSA) is 37.6 Å². The largest absolute Gasteiger partial charge is 0.311 e. The Bertz CT molecular complexity index is 1070. The van der Waals surface area contributed by atoms with Crippen LogP contribution in [0.4, 0.5) is 10.1 Å². The Hall–Kier alpha value is -3.47. The third-order valence-electron chi connectivity index (χ3n) is 4.34. The molecule has 4 aromatic rings. The molecule has 0 bridgehead atoms. The predicted molar refractivity (Wildman–Crippen MR) is 99.8 cm³/mol. The summed E-state index contributed by atoms with van der Waals surface area (Å²) in [7, 11) is 1.67. The molecule has 0 saturated heterocycles. The summed E-state index contributed by atoms with van der Waals surface area (Å²) in [4.78, 5) is 18.7. The molecule has 4 nitrogen and oxygen atoms in total. The molecule has 0 fully saturated rings. The van der Waals surface area contributed by atoms with Crippen LogP contribution in [0.3, 0.4) is 0 Å². The van der Waals surface area contributed by atoms with Crippen molar-refractivity contribution in [2.45, 2.75) is 0 Å². The molecule has 2 heterocycles. The number of halogens is 1. The molecule has 0 radical (unpaired) electrons. The van der Waals surface area contributed by atoms with Crippen LogP contribution in [0.2, 0.25) is 0 Å². The third kappa shape index (κ3) is 2.84. The van der Waals surface area contributed by atoms with Gasteiger partial charge in [-0.15, -0.1) is 0 Å². The Morgan fingerprint density at radius 3 is 2.46 bits per heavy atom. The van der Waals surface area contributed by atoms with Gasteiger partial charge in [-0.3, -0.25) is 9.20 Å². The Balaban J connectivity index is 1.72. The van der Waals surface area contributed by atoms with Crippen LogP contribution in [-0.2, 0) is 0 Å². The van der Waals surface area contributed by atoms with Crippen molar-refractivity contribution in [2.75, 3.05) is 11.9 Å². The van der Waals surface area contributed by atoms with E-state index in [1.54, 1.807) is 37.6 Å². The molecule has 128 valence electrons. The van der Waals surface area contributed by atoms with Gasteiger partial charge in [0.1, 0.15) is 11.5 Å². The minimum Gasteiger partial charge on any atom is -0.311 e. The lowest BCUT2D eigenvalue weighted by atomic mass is 10.1. The number of fused-ring (bicyclic) bond motifs is 1. The molecule has 0 N–H and O–H groups in total. The lowest BCUT2D eigenvalue weighted by molar-refractivity contribution is 0.0992. The molecule has 4 rings (SSSR count). The van der Waals surface area contributed by atoms with E-state index < -0.39 is 0 Å². The Morgan fingerprint density at radius 2 is 1.73 bits per heavy atom. The summed E-state index contributed by atoms with van der Waals surface area (Å²) in [5.74, 6) is -0.506. The highest BCUT2D eigenvalue weighted by Gasteiger charge is 2.15. The van der Waals surface area contributed by atoms with Gasteiger partial charge < -0.3 is 4.90 Å². The monoisotopic (exact) mass is 345 g/mol. The minimum atomic E-state index is -0.332. The molecule has 0 saturated carbocycles. The zero-order valence-corrected chi connectivity index (χ0v) is 14.1. The summed E-state index contributed by atoms with van der Waals surface area (Å²) >= 11 is 0. The normalized spacial score (nSPS) is 10.8. The summed E-state index contributed by atoms with van der Waals surface area (Å²) in [5.41, 5.74) is 3.87. The number of imidazole rings is 1. The molecule has 1 amide bonds. The molecule has 0 aliphatic rings. The molecule has 0 spiro atoms. The maximum atomic E-state index is 13.1. The lowest BCUT2D eigenvalue weighted by Gasteiger charge is -2.17. The molecular formula is C21H16FN3O. The van der Waals surface area contributed by atoms with E-state index in [0.29, 0.717) is 11.3 Å². The molecule has 2 aromatic heterocycles. The molecule has 26 heavy (non-hydrogen) atoms. The number of amides is 1. The van der Waals surface area contributed by atoms with Crippen LogP contribution in [0.5, 0.6) is 0 Å². The van der Waals surface area contributed by atoms with Crippen LogP contribution in [0.1, 0.15) is 10.4 Å². The van der Waals surface area contributed by atoms with Crippen molar-refractivity contribution in [3.63, 3.8) is 0 Å². The fourth-order valence-electron chi connectivity index (χ4n) is 2.91. The van der Waals surface area contributed by atoms with E-state index in [1.807, 2.05) is 40.8 Å². The van der Waals surface area contributed by atoms with Crippen molar-refractivity contribution < 1.29 is 9.18 Å². The first-order chi connectivity index (χ1) is 12.6. The highest BCUT2D eigenvalue weighted by Crippen LogP contribution is 2.22. The second-order valence-electron chi connectivity index (χ2n) is 6.00. The van der Waals surface area contributed by atoms with Crippen molar-refractivity contribution in [3.05, 3.63) is 90.5 Å². The Morgan fingerprint density at radius 1 is 1.00 bits per heavy atom. The van der Waals surface area contributed by atoms with Crippen LogP contribution in [-0.4, -0.2) is 22.3 Å². The SMILES string of the molecule is CN(C(=O)c1ccc2ncc(-c3ccccc3)n2c1)c1ccc(F)cc1. The molecule has 5 heteroatoms. The molecule has 0 aliphatic heterocycles. The first-order valence-electron chi connectivity index (χ1n) is 8.19. The van der Waals surface area contributed by atoms with Crippen molar-refractivity contribution in [1.29, 1.82) is 0 Å². The molecule has 0 atom stereocenters. The van der Waals surface area contributed by atoms with E-state index in [9.17, 15) is 9.18 Å². The first-order valence-corrected chi connectivity index (χ1v) is 8.19. The van der Waals surface area contributed by atoms with Crippen LogP contribution < -0.4 is 4.90 Å². The van der Waals surface area contributed by atoms with Gasteiger partial charge in [0.25, 0.3) is 5.91 Å². The van der Waals surface area contributed by atoms with Crippen molar-refractivity contribution >= 4 is 17.2 Å². The average Bonchev–Trinajstić information content (AvgIpc) is 3.11. The molecular weight excluding hydrogens is 329 g/mol. The third-order valence-corrected chi connectivity index (χ3v) is 4.34. The lowest BCUT2D eigenvalue weighted by Crippen LogP contribution is -2.26. The average molecular weight is 345 g/mol. The summed E-state index contributed by atoms with van der Waals surface area (Å²) in [5, 5.41) is 0. The van der Waals surface area contributed by atoms with Crippen molar-refractivity contribution in [1.82, 2.24) is 9.38 Å². The van der Waals surface area contributed by atoms with Gasteiger partial charge in [0, 0.05) is 24.5 Å². The second-order valence-corrected chi connectivity index (χ2v) is 6.00. The van der Waals surface area contributed by atoms with Crippen molar-refractivity contribution in [3.8, 4) is 11.3 Å². The number of anilines is 1. The molecule has 0 unspecified atom stereocenters.